The Morgan fingerprint density at radius 1 is 0.895 bits per heavy atom. The van der Waals surface area contributed by atoms with Crippen molar-refractivity contribution in [1.82, 2.24) is 10.2 Å². The third-order valence-corrected chi connectivity index (χ3v) is 6.63. The molecule has 38 heavy (non-hydrogen) atoms. The summed E-state index contributed by atoms with van der Waals surface area (Å²) in [7, 11) is 4.76. The molecule has 0 radical (unpaired) electrons. The van der Waals surface area contributed by atoms with E-state index < -0.39 is 0 Å². The van der Waals surface area contributed by atoms with Crippen molar-refractivity contribution in [3.05, 3.63) is 47.5 Å². The summed E-state index contributed by atoms with van der Waals surface area (Å²) < 4.78 is 27.4. The van der Waals surface area contributed by atoms with Gasteiger partial charge in [-0.1, -0.05) is 18.6 Å². The molecule has 1 heterocycles. The number of hydrogen-bond donors (Lipinski definition) is 1. The number of benzene rings is 2. The summed E-state index contributed by atoms with van der Waals surface area (Å²) in [6.07, 6.45) is 7.73. The molecule has 0 aromatic heterocycles. The number of methoxy groups -OCH3 is 3. The molecular formula is C30H44N2O6. The van der Waals surface area contributed by atoms with E-state index in [4.69, 9.17) is 23.7 Å². The van der Waals surface area contributed by atoms with E-state index in [0.717, 1.165) is 43.5 Å². The molecule has 210 valence electrons. The number of nitrogens with zero attached hydrogens (tertiary/aromatic N) is 1. The maximum atomic E-state index is 12.2. The van der Waals surface area contributed by atoms with E-state index in [-0.39, 0.29) is 12.7 Å². The summed E-state index contributed by atoms with van der Waals surface area (Å²) in [5.74, 6) is 2.70. The summed E-state index contributed by atoms with van der Waals surface area (Å²) in [5, 5.41) is 3.00. The van der Waals surface area contributed by atoms with E-state index in [2.05, 4.69) is 28.4 Å². The van der Waals surface area contributed by atoms with Crippen LogP contribution in [0.3, 0.4) is 0 Å². The van der Waals surface area contributed by atoms with Crippen LogP contribution in [0.1, 0.15) is 56.1 Å². The van der Waals surface area contributed by atoms with Gasteiger partial charge in [-0.25, -0.2) is 0 Å². The fourth-order valence-corrected chi connectivity index (χ4v) is 4.64. The molecule has 1 N–H and O–H groups in total. The molecule has 8 heteroatoms. The number of piperidine rings is 1. The predicted molar refractivity (Wildman–Crippen MR) is 148 cm³/mol. The largest absolute Gasteiger partial charge is 0.494 e. The smallest absolute Gasteiger partial charge is 0.219 e. The van der Waals surface area contributed by atoms with Crippen molar-refractivity contribution in [1.29, 1.82) is 0 Å². The summed E-state index contributed by atoms with van der Waals surface area (Å²) in [6.45, 7) is 4.67. The summed E-state index contributed by atoms with van der Waals surface area (Å²) in [6, 6.07) is 12.3. The highest BCUT2D eigenvalue weighted by Gasteiger charge is 2.14. The van der Waals surface area contributed by atoms with E-state index in [1.54, 1.807) is 21.3 Å². The zero-order valence-electron chi connectivity index (χ0n) is 23.3. The van der Waals surface area contributed by atoms with Crippen LogP contribution < -0.4 is 24.3 Å². The number of hydrogen-bond acceptors (Lipinski definition) is 7. The van der Waals surface area contributed by atoms with Gasteiger partial charge in [-0.05, 0) is 87.0 Å². The number of ether oxygens (including phenoxy) is 5. The van der Waals surface area contributed by atoms with Gasteiger partial charge in [0.15, 0.2) is 18.3 Å². The zero-order valence-corrected chi connectivity index (χ0v) is 23.3. The molecule has 2 aromatic rings. The number of carbonyl (C=O) groups excluding carboxylic acids is 1. The van der Waals surface area contributed by atoms with Gasteiger partial charge in [-0.3, -0.25) is 9.69 Å². The molecule has 1 aliphatic heterocycles. The Kier molecular flexibility index (Phi) is 13.1. The van der Waals surface area contributed by atoms with Crippen molar-refractivity contribution in [2.75, 3.05) is 54.4 Å². The third kappa shape index (κ3) is 10.1. The molecule has 3 rings (SSSR count). The van der Waals surface area contributed by atoms with E-state index in [0.29, 0.717) is 36.8 Å². The number of amides is 1. The van der Waals surface area contributed by atoms with E-state index >= 15 is 0 Å². The summed E-state index contributed by atoms with van der Waals surface area (Å²) in [5.41, 5.74) is 2.37. The first kappa shape index (κ1) is 29.6. The van der Waals surface area contributed by atoms with Crippen molar-refractivity contribution in [2.45, 2.75) is 57.9 Å². The lowest BCUT2D eigenvalue weighted by atomic mass is 10.1. The van der Waals surface area contributed by atoms with Crippen LogP contribution >= 0.6 is 0 Å². The fourth-order valence-electron chi connectivity index (χ4n) is 4.64. The van der Waals surface area contributed by atoms with Crippen LogP contribution in [0.5, 0.6) is 23.0 Å². The Hall–Kier alpha value is -2.97. The minimum absolute atomic E-state index is 0.0759. The zero-order chi connectivity index (χ0) is 27.0. The molecule has 2 aromatic carbocycles. The molecule has 0 spiro atoms. The highest BCUT2D eigenvalue weighted by atomic mass is 16.7. The van der Waals surface area contributed by atoms with E-state index in [1.807, 2.05) is 18.2 Å². The van der Waals surface area contributed by atoms with Gasteiger partial charge in [0.2, 0.25) is 11.7 Å². The van der Waals surface area contributed by atoms with Crippen molar-refractivity contribution < 1.29 is 28.5 Å². The molecule has 0 bridgehead atoms. The van der Waals surface area contributed by atoms with Gasteiger partial charge in [-0.15, -0.1) is 0 Å². The maximum Gasteiger partial charge on any atom is 0.219 e. The molecule has 1 amide bonds. The Labute approximate surface area is 227 Å². The second-order valence-corrected chi connectivity index (χ2v) is 9.62. The molecule has 0 aliphatic carbocycles. The van der Waals surface area contributed by atoms with Crippen molar-refractivity contribution in [3.63, 3.8) is 0 Å². The van der Waals surface area contributed by atoms with Crippen LogP contribution in [0.2, 0.25) is 0 Å². The molecule has 1 saturated heterocycles. The third-order valence-electron chi connectivity index (χ3n) is 6.63. The lowest BCUT2D eigenvalue weighted by molar-refractivity contribution is -0.121. The monoisotopic (exact) mass is 528 g/mol. The molecule has 1 aliphatic rings. The van der Waals surface area contributed by atoms with Crippen molar-refractivity contribution in [3.8, 4) is 23.0 Å². The van der Waals surface area contributed by atoms with Crippen molar-refractivity contribution in [2.24, 2.45) is 0 Å². The number of rotatable bonds is 17. The fraction of sp³-hybridized carbons (Fsp3) is 0.567. The van der Waals surface area contributed by atoms with E-state index in [1.165, 1.54) is 37.9 Å². The number of likely N-dealkylation sites (tertiary alicyclic amines) is 1. The Bertz CT molecular complexity index is 952. The van der Waals surface area contributed by atoms with Crippen LogP contribution in [-0.2, 0) is 22.5 Å². The lowest BCUT2D eigenvalue weighted by Gasteiger charge is -2.26. The van der Waals surface area contributed by atoms with Crippen molar-refractivity contribution >= 4 is 5.91 Å². The average Bonchev–Trinajstić information content (AvgIpc) is 2.94. The highest BCUT2D eigenvalue weighted by Crippen LogP contribution is 2.39. The molecule has 0 atom stereocenters. The normalized spacial score (nSPS) is 13.7. The Morgan fingerprint density at radius 2 is 1.66 bits per heavy atom. The minimum atomic E-state index is 0.0759. The van der Waals surface area contributed by atoms with Gasteiger partial charge in [0.1, 0.15) is 5.75 Å². The summed E-state index contributed by atoms with van der Waals surface area (Å²) in [4.78, 5) is 14.8. The second-order valence-electron chi connectivity index (χ2n) is 9.62. The molecule has 0 unspecified atom stereocenters. The molecule has 1 fully saturated rings. The van der Waals surface area contributed by atoms with Gasteiger partial charge in [-0.2, -0.15) is 0 Å². The SMILES string of the molecule is COCOc1c(OC)cc(CCCCC(=O)NCCCOc2cccc(CN3CCCCC3)c2)cc1OC. The highest BCUT2D eigenvalue weighted by molar-refractivity contribution is 5.75. The Balaban J connectivity index is 1.29. The first-order valence-corrected chi connectivity index (χ1v) is 13.7. The van der Waals surface area contributed by atoms with Gasteiger partial charge >= 0.3 is 0 Å². The molecular weight excluding hydrogens is 484 g/mol. The van der Waals surface area contributed by atoms with Crippen LogP contribution in [-0.4, -0.2) is 65.2 Å². The van der Waals surface area contributed by atoms with Gasteiger partial charge < -0.3 is 29.0 Å². The minimum Gasteiger partial charge on any atom is -0.494 e. The molecule has 0 saturated carbocycles. The Morgan fingerprint density at radius 3 is 2.37 bits per heavy atom. The second kappa shape index (κ2) is 16.8. The van der Waals surface area contributed by atoms with Crippen LogP contribution in [0, 0.1) is 0 Å². The number of unbranched alkanes of at least 4 members (excludes halogenated alkanes) is 1. The van der Waals surface area contributed by atoms with Crippen LogP contribution in [0.4, 0.5) is 0 Å². The number of nitrogens with one attached hydrogen (secondary N) is 1. The van der Waals surface area contributed by atoms with Crippen LogP contribution in [0.25, 0.3) is 0 Å². The predicted octanol–water partition coefficient (Wildman–Crippen LogP) is 4.97. The average molecular weight is 529 g/mol. The number of aryl methyl sites for hydroxylation is 1. The topological polar surface area (TPSA) is 78.5 Å². The first-order valence-electron chi connectivity index (χ1n) is 13.7. The van der Waals surface area contributed by atoms with Gasteiger partial charge in [0.05, 0.1) is 20.8 Å². The van der Waals surface area contributed by atoms with Crippen LogP contribution in [0.15, 0.2) is 36.4 Å². The van der Waals surface area contributed by atoms with Gasteiger partial charge in [0, 0.05) is 26.6 Å². The number of carbonyl (C=O) groups is 1. The quantitative estimate of drug-likeness (QED) is 0.229. The molecule has 8 nitrogen and oxygen atoms in total. The summed E-state index contributed by atoms with van der Waals surface area (Å²) >= 11 is 0. The van der Waals surface area contributed by atoms with E-state index in [9.17, 15) is 4.79 Å². The van der Waals surface area contributed by atoms with Gasteiger partial charge in [0.25, 0.3) is 0 Å². The first-order chi connectivity index (χ1) is 18.6. The maximum absolute atomic E-state index is 12.2. The lowest BCUT2D eigenvalue weighted by Crippen LogP contribution is -2.29. The standard InChI is InChI=1S/C30H44N2O6/c1-34-23-38-30-27(35-2)20-24(21-28(30)36-3)11-5-6-14-29(33)31-15-10-18-37-26-13-9-12-25(19-26)22-32-16-7-4-8-17-32/h9,12-13,19-21H,4-8,10-11,14-18,22-23H2,1-3H3,(H,31,33).